The zero-order valence-corrected chi connectivity index (χ0v) is 26.7. The second-order valence-corrected chi connectivity index (χ2v) is 12.0. The Bertz CT molecular complexity index is 1490. The summed E-state index contributed by atoms with van der Waals surface area (Å²) >= 11 is 0. The molecule has 0 saturated carbocycles. The van der Waals surface area contributed by atoms with Gasteiger partial charge in [0, 0.05) is 24.5 Å². The van der Waals surface area contributed by atoms with Crippen LogP contribution in [0, 0.1) is 5.82 Å². The molecule has 4 aromatic rings. The molecule has 0 aromatic heterocycles. The van der Waals surface area contributed by atoms with Gasteiger partial charge in [-0.1, -0.05) is 72.8 Å². The second kappa shape index (κ2) is 15.2. The minimum absolute atomic E-state index is 0.0414. The molecule has 4 aromatic carbocycles. The number of hydrogen-bond acceptors (Lipinski definition) is 4. The van der Waals surface area contributed by atoms with Gasteiger partial charge in [-0.2, -0.15) is 0 Å². The van der Waals surface area contributed by atoms with Crippen LogP contribution in [0.4, 0.5) is 4.39 Å². The molecule has 5 rings (SSSR count). The van der Waals surface area contributed by atoms with E-state index >= 15 is 0 Å². The van der Waals surface area contributed by atoms with Crippen LogP contribution in [0.3, 0.4) is 0 Å². The maximum absolute atomic E-state index is 13.3. The van der Waals surface area contributed by atoms with Gasteiger partial charge < -0.3 is 14.8 Å². The van der Waals surface area contributed by atoms with E-state index in [0.29, 0.717) is 6.54 Å². The highest BCUT2D eigenvalue weighted by Crippen LogP contribution is 2.42. The van der Waals surface area contributed by atoms with Gasteiger partial charge in [-0.25, -0.2) is 4.39 Å². The van der Waals surface area contributed by atoms with Gasteiger partial charge in [0.25, 0.3) is 0 Å². The number of benzene rings is 4. The second-order valence-electron chi connectivity index (χ2n) is 12.0. The maximum Gasteiger partial charge on any atom is 0.224 e. The number of carbonyl (C=O) groups excluding carboxylic acids is 1. The van der Waals surface area contributed by atoms with E-state index in [4.69, 9.17) is 9.47 Å². The Balaban J connectivity index is 1.29. The SMILES string of the molecule is COc1cc2c(cc1OC)C(C)N(CCCC(CCCNC(=O)Cc1ccc(F)cc1)(c1ccccc1)c1ccccc1)CC2. The van der Waals surface area contributed by atoms with Gasteiger partial charge in [-0.05, 0) is 97.7 Å². The lowest BCUT2D eigenvalue weighted by Crippen LogP contribution is -2.36. The third-order valence-corrected chi connectivity index (χ3v) is 9.39. The molecule has 0 bridgehead atoms. The van der Waals surface area contributed by atoms with Crippen LogP contribution < -0.4 is 14.8 Å². The normalized spacial score (nSPS) is 14.9. The summed E-state index contributed by atoms with van der Waals surface area (Å²) in [6.45, 7) is 4.88. The molecule has 1 amide bonds. The van der Waals surface area contributed by atoms with Gasteiger partial charge >= 0.3 is 0 Å². The molecule has 1 atom stereocenters. The highest BCUT2D eigenvalue weighted by molar-refractivity contribution is 5.78. The largest absolute Gasteiger partial charge is 0.493 e. The van der Waals surface area contributed by atoms with Gasteiger partial charge in [0.05, 0.1) is 20.6 Å². The van der Waals surface area contributed by atoms with Gasteiger partial charge in [0.15, 0.2) is 11.5 Å². The number of rotatable bonds is 14. The van der Waals surface area contributed by atoms with Crippen LogP contribution in [-0.4, -0.2) is 44.7 Å². The quantitative estimate of drug-likeness (QED) is 0.149. The average molecular weight is 609 g/mol. The summed E-state index contributed by atoms with van der Waals surface area (Å²) < 4.78 is 24.5. The van der Waals surface area contributed by atoms with Gasteiger partial charge in [-0.3, -0.25) is 9.69 Å². The molecule has 236 valence electrons. The number of nitrogens with zero attached hydrogens (tertiary/aromatic N) is 1. The van der Waals surface area contributed by atoms with Crippen molar-refractivity contribution in [2.45, 2.75) is 56.9 Å². The summed E-state index contributed by atoms with van der Waals surface area (Å²) in [5, 5.41) is 3.10. The van der Waals surface area contributed by atoms with Crippen molar-refractivity contribution in [2.75, 3.05) is 33.9 Å². The van der Waals surface area contributed by atoms with E-state index in [9.17, 15) is 9.18 Å². The zero-order chi connectivity index (χ0) is 31.6. The third-order valence-electron chi connectivity index (χ3n) is 9.39. The fourth-order valence-corrected chi connectivity index (χ4v) is 6.94. The molecule has 5 nitrogen and oxygen atoms in total. The predicted molar refractivity (Wildman–Crippen MR) is 178 cm³/mol. The van der Waals surface area contributed by atoms with E-state index in [1.165, 1.54) is 34.4 Å². The fraction of sp³-hybridized carbons (Fsp3) is 0.359. The van der Waals surface area contributed by atoms with E-state index in [-0.39, 0.29) is 29.6 Å². The Kier molecular flexibility index (Phi) is 10.9. The maximum atomic E-state index is 13.3. The Morgan fingerprint density at radius 3 is 2.09 bits per heavy atom. The summed E-state index contributed by atoms with van der Waals surface area (Å²) in [5.41, 5.74) is 5.89. The van der Waals surface area contributed by atoms with Crippen molar-refractivity contribution in [2.24, 2.45) is 0 Å². The topological polar surface area (TPSA) is 50.8 Å². The molecule has 0 spiro atoms. The van der Waals surface area contributed by atoms with Crippen molar-refractivity contribution in [3.05, 3.63) is 131 Å². The van der Waals surface area contributed by atoms with Crippen molar-refractivity contribution < 1.29 is 18.7 Å². The minimum Gasteiger partial charge on any atom is -0.493 e. The average Bonchev–Trinajstić information content (AvgIpc) is 3.08. The van der Waals surface area contributed by atoms with Gasteiger partial charge in [0.1, 0.15) is 5.82 Å². The van der Waals surface area contributed by atoms with Crippen molar-refractivity contribution in [3.63, 3.8) is 0 Å². The van der Waals surface area contributed by atoms with Crippen LogP contribution in [0.5, 0.6) is 11.5 Å². The smallest absolute Gasteiger partial charge is 0.224 e. The van der Waals surface area contributed by atoms with Crippen LogP contribution in [0.15, 0.2) is 97.1 Å². The van der Waals surface area contributed by atoms with Gasteiger partial charge in [0.2, 0.25) is 5.91 Å². The lowest BCUT2D eigenvalue weighted by molar-refractivity contribution is -0.120. The zero-order valence-electron chi connectivity index (χ0n) is 26.7. The first-order chi connectivity index (χ1) is 21.9. The number of amides is 1. The van der Waals surface area contributed by atoms with E-state index in [2.05, 4.69) is 89.9 Å². The fourth-order valence-electron chi connectivity index (χ4n) is 6.94. The Hall–Kier alpha value is -4.16. The van der Waals surface area contributed by atoms with Crippen LogP contribution in [-0.2, 0) is 23.1 Å². The van der Waals surface area contributed by atoms with Gasteiger partial charge in [-0.15, -0.1) is 0 Å². The van der Waals surface area contributed by atoms with Crippen molar-refractivity contribution in [1.29, 1.82) is 0 Å². The third kappa shape index (κ3) is 7.74. The van der Waals surface area contributed by atoms with Crippen LogP contribution in [0.25, 0.3) is 0 Å². The Morgan fingerprint density at radius 1 is 0.867 bits per heavy atom. The van der Waals surface area contributed by atoms with Crippen molar-refractivity contribution in [3.8, 4) is 11.5 Å². The van der Waals surface area contributed by atoms with E-state index < -0.39 is 0 Å². The molecule has 1 aliphatic rings. The van der Waals surface area contributed by atoms with E-state index in [0.717, 1.165) is 62.3 Å². The van der Waals surface area contributed by atoms with E-state index in [1.54, 1.807) is 26.4 Å². The van der Waals surface area contributed by atoms with Crippen LogP contribution >= 0.6 is 0 Å². The molecule has 45 heavy (non-hydrogen) atoms. The lowest BCUT2D eigenvalue weighted by Gasteiger charge is -2.39. The Morgan fingerprint density at radius 2 is 1.47 bits per heavy atom. The minimum atomic E-state index is -0.294. The number of hydrogen-bond donors (Lipinski definition) is 1. The van der Waals surface area contributed by atoms with Crippen LogP contribution in [0.2, 0.25) is 0 Å². The van der Waals surface area contributed by atoms with Crippen LogP contribution in [0.1, 0.15) is 66.5 Å². The molecule has 0 aliphatic carbocycles. The molecule has 1 unspecified atom stereocenters. The molecule has 1 N–H and O–H groups in total. The summed E-state index contributed by atoms with van der Waals surface area (Å²) in [4.78, 5) is 15.3. The van der Waals surface area contributed by atoms with E-state index in [1.807, 2.05) is 0 Å². The lowest BCUT2D eigenvalue weighted by atomic mass is 9.68. The molecule has 6 heteroatoms. The monoisotopic (exact) mass is 608 g/mol. The molecule has 1 aliphatic heterocycles. The number of methoxy groups -OCH3 is 2. The molecule has 1 heterocycles. The number of halogens is 1. The standard InChI is InChI=1S/C39H45FN2O3/c1-29-35-28-37(45-3)36(44-2)27-31(35)20-25-42(29)24-11-22-39(32-12-6-4-7-13-32,33-14-8-5-9-15-33)21-10-23-41-38(43)26-30-16-18-34(40)19-17-30/h4-9,12-19,27-29H,10-11,20-26H2,1-3H3,(H,41,43). The summed E-state index contributed by atoms with van der Waals surface area (Å²) in [7, 11) is 3.38. The number of nitrogens with one attached hydrogen (secondary N) is 1. The van der Waals surface area contributed by atoms with Crippen molar-refractivity contribution in [1.82, 2.24) is 10.2 Å². The molecular formula is C39H45FN2O3. The number of fused-ring (bicyclic) bond motifs is 1. The molecule has 0 radical (unpaired) electrons. The van der Waals surface area contributed by atoms with Crippen molar-refractivity contribution >= 4 is 5.91 Å². The number of ether oxygens (including phenoxy) is 2. The predicted octanol–water partition coefficient (Wildman–Crippen LogP) is 7.67. The number of carbonyl (C=O) groups is 1. The molecular weight excluding hydrogens is 563 g/mol. The summed E-state index contributed by atoms with van der Waals surface area (Å²) in [5.74, 6) is 1.24. The highest BCUT2D eigenvalue weighted by atomic mass is 19.1. The molecule has 0 fully saturated rings. The summed E-state index contributed by atoms with van der Waals surface area (Å²) in [6, 6.07) is 32.4. The highest BCUT2D eigenvalue weighted by Gasteiger charge is 2.34. The molecule has 0 saturated heterocycles. The first-order valence-electron chi connectivity index (χ1n) is 16.0. The Labute approximate surface area is 267 Å². The summed E-state index contributed by atoms with van der Waals surface area (Å²) in [6.07, 6.45) is 5.01. The first kappa shape index (κ1) is 32.2. The first-order valence-corrected chi connectivity index (χ1v) is 16.0.